The van der Waals surface area contributed by atoms with Crippen LogP contribution in [0.15, 0.2) is 50.8 Å². The van der Waals surface area contributed by atoms with E-state index in [1.165, 1.54) is 0 Å². The average molecular weight is 276 g/mol. The highest BCUT2D eigenvalue weighted by molar-refractivity contribution is 7.80. The van der Waals surface area contributed by atoms with Crippen molar-refractivity contribution in [3.8, 4) is 0 Å². The fourth-order valence-corrected chi connectivity index (χ4v) is 2.17. The van der Waals surface area contributed by atoms with Gasteiger partial charge in [0, 0.05) is 17.7 Å². The lowest BCUT2D eigenvalue weighted by Gasteiger charge is -2.27. The van der Waals surface area contributed by atoms with Crippen molar-refractivity contribution in [2.24, 2.45) is 15.6 Å². The number of carbonyl (C=O) groups is 1. The molecule has 1 N–H and O–H groups in total. The largest absolute Gasteiger partial charge is 0.510 e. The molecule has 0 bridgehead atoms. The summed E-state index contributed by atoms with van der Waals surface area (Å²) in [5.74, 6) is -0.140. The van der Waals surface area contributed by atoms with E-state index in [1.807, 2.05) is 13.8 Å². The van der Waals surface area contributed by atoms with Crippen LogP contribution in [0.1, 0.15) is 26.7 Å². The van der Waals surface area contributed by atoms with Crippen LogP contribution in [0.25, 0.3) is 0 Å². The van der Waals surface area contributed by atoms with Gasteiger partial charge in [-0.05, 0) is 29.7 Å². The van der Waals surface area contributed by atoms with Crippen LogP contribution in [-0.2, 0) is 4.79 Å². The minimum atomic E-state index is -0.214. The summed E-state index contributed by atoms with van der Waals surface area (Å²) in [5, 5.41) is 17.8. The number of aliphatic hydroxyl groups is 1. The molecule has 0 unspecified atom stereocenters. The van der Waals surface area contributed by atoms with Crippen molar-refractivity contribution < 1.29 is 9.90 Å². The predicted molar refractivity (Wildman–Crippen MR) is 75.9 cm³/mol. The maximum atomic E-state index is 11.9. The Morgan fingerprint density at radius 2 is 1.79 bits per heavy atom. The molecule has 0 heterocycles. The molecule has 0 saturated heterocycles. The van der Waals surface area contributed by atoms with Crippen LogP contribution in [-0.4, -0.2) is 10.9 Å². The van der Waals surface area contributed by atoms with Crippen LogP contribution >= 0.6 is 12.6 Å². The molecular weight excluding hydrogens is 260 g/mol. The number of ketones is 1. The van der Waals surface area contributed by atoms with Crippen LogP contribution in [0.5, 0.6) is 0 Å². The first-order valence-corrected chi connectivity index (χ1v) is 6.48. The summed E-state index contributed by atoms with van der Waals surface area (Å²) in [4.78, 5) is 12.7. The van der Waals surface area contributed by atoms with Gasteiger partial charge in [-0.1, -0.05) is 13.8 Å². The molecule has 5 heteroatoms. The lowest BCUT2D eigenvalue weighted by Crippen LogP contribution is -2.25. The first-order valence-electron chi connectivity index (χ1n) is 6.03. The lowest BCUT2D eigenvalue weighted by molar-refractivity contribution is -0.118. The number of aliphatic hydroxyl groups excluding tert-OH is 1. The third-order valence-electron chi connectivity index (χ3n) is 2.94. The van der Waals surface area contributed by atoms with Crippen molar-refractivity contribution in [1.82, 2.24) is 0 Å². The van der Waals surface area contributed by atoms with Gasteiger partial charge in [0.25, 0.3) is 0 Å². The molecule has 2 rings (SSSR count). The van der Waals surface area contributed by atoms with Gasteiger partial charge in [-0.15, -0.1) is 17.7 Å². The Balaban J connectivity index is 2.23. The van der Waals surface area contributed by atoms with E-state index in [-0.39, 0.29) is 22.7 Å². The molecule has 0 radical (unpaired) electrons. The number of hydrogen-bond acceptors (Lipinski definition) is 5. The van der Waals surface area contributed by atoms with E-state index in [2.05, 4.69) is 22.9 Å². The maximum absolute atomic E-state index is 11.9. The molecule has 0 amide bonds. The normalized spacial score (nSPS) is 19.2. The molecule has 0 atom stereocenters. The number of Topliss-reactive ketones (excluding diaryl/α,β-unsaturated/α-hetero) is 1. The number of allylic oxidation sites excluding steroid dienone is 2. The first kappa shape index (κ1) is 13.8. The summed E-state index contributed by atoms with van der Waals surface area (Å²) in [6, 6.07) is 7.08. The zero-order chi connectivity index (χ0) is 14.0. The molecule has 0 saturated carbocycles. The monoisotopic (exact) mass is 276 g/mol. The number of thiol groups is 1. The second-order valence-corrected chi connectivity index (χ2v) is 5.97. The van der Waals surface area contributed by atoms with E-state index in [4.69, 9.17) is 0 Å². The van der Waals surface area contributed by atoms with Gasteiger partial charge in [0.05, 0.1) is 5.69 Å². The summed E-state index contributed by atoms with van der Waals surface area (Å²) >= 11 is 4.17. The van der Waals surface area contributed by atoms with Crippen molar-refractivity contribution in [2.45, 2.75) is 31.6 Å². The highest BCUT2D eigenvalue weighted by Gasteiger charge is 2.33. The van der Waals surface area contributed by atoms with E-state index in [0.29, 0.717) is 18.5 Å². The van der Waals surface area contributed by atoms with Gasteiger partial charge in [-0.2, -0.15) is 5.11 Å². The first-order chi connectivity index (χ1) is 8.87. The lowest BCUT2D eigenvalue weighted by atomic mass is 9.78. The summed E-state index contributed by atoms with van der Waals surface area (Å²) in [6.07, 6.45) is 0.823. The average Bonchev–Trinajstić information content (AvgIpc) is 2.29. The Labute approximate surface area is 117 Å². The van der Waals surface area contributed by atoms with Crippen molar-refractivity contribution in [3.05, 3.63) is 35.7 Å². The zero-order valence-electron chi connectivity index (χ0n) is 10.9. The highest BCUT2D eigenvalue weighted by atomic mass is 32.1. The molecule has 1 aliphatic rings. The van der Waals surface area contributed by atoms with Gasteiger partial charge in [-0.25, -0.2) is 0 Å². The Bertz CT molecular complexity index is 559. The van der Waals surface area contributed by atoms with E-state index in [1.54, 1.807) is 24.3 Å². The Kier molecular flexibility index (Phi) is 3.75. The van der Waals surface area contributed by atoms with E-state index in [9.17, 15) is 9.90 Å². The zero-order valence-corrected chi connectivity index (χ0v) is 11.8. The number of azo groups is 1. The van der Waals surface area contributed by atoms with Crippen LogP contribution in [0.2, 0.25) is 0 Å². The van der Waals surface area contributed by atoms with Crippen molar-refractivity contribution in [2.75, 3.05) is 0 Å². The maximum Gasteiger partial charge on any atom is 0.187 e. The molecule has 19 heavy (non-hydrogen) atoms. The smallest absolute Gasteiger partial charge is 0.187 e. The SMILES string of the molecule is CC1(C)CC(=O)C(N=Nc2ccc(S)cc2)=C(O)C1. The molecule has 0 aromatic heterocycles. The van der Waals surface area contributed by atoms with Gasteiger partial charge in [0.1, 0.15) is 5.76 Å². The fourth-order valence-electron chi connectivity index (χ4n) is 2.02. The summed E-state index contributed by atoms with van der Waals surface area (Å²) in [5.41, 5.74) is 0.485. The number of carbonyl (C=O) groups excluding carboxylic acids is 1. The molecule has 100 valence electrons. The van der Waals surface area contributed by atoms with Crippen LogP contribution in [0.3, 0.4) is 0 Å². The third-order valence-corrected chi connectivity index (χ3v) is 3.24. The number of benzene rings is 1. The molecule has 1 aromatic rings. The molecule has 0 fully saturated rings. The van der Waals surface area contributed by atoms with E-state index < -0.39 is 0 Å². The summed E-state index contributed by atoms with van der Waals surface area (Å²) in [7, 11) is 0. The molecule has 4 nitrogen and oxygen atoms in total. The second kappa shape index (κ2) is 5.17. The number of rotatable bonds is 2. The number of nitrogens with zero attached hydrogens (tertiary/aromatic N) is 2. The highest BCUT2D eigenvalue weighted by Crippen LogP contribution is 2.36. The predicted octanol–water partition coefficient (Wildman–Crippen LogP) is 4.22. The summed E-state index contributed by atoms with van der Waals surface area (Å²) < 4.78 is 0. The van der Waals surface area contributed by atoms with Gasteiger partial charge in [-0.3, -0.25) is 4.79 Å². The van der Waals surface area contributed by atoms with Gasteiger partial charge < -0.3 is 5.11 Å². The molecule has 0 aliphatic heterocycles. The van der Waals surface area contributed by atoms with Crippen molar-refractivity contribution >= 4 is 24.1 Å². The quantitative estimate of drug-likeness (QED) is 0.627. The Morgan fingerprint density at radius 3 is 2.37 bits per heavy atom. The fraction of sp³-hybridized carbons (Fsp3) is 0.357. The van der Waals surface area contributed by atoms with Gasteiger partial charge in [0.2, 0.25) is 0 Å². The molecular formula is C14H16N2O2S. The molecule has 1 aliphatic carbocycles. The van der Waals surface area contributed by atoms with Crippen molar-refractivity contribution in [1.29, 1.82) is 0 Å². The van der Waals surface area contributed by atoms with E-state index in [0.717, 1.165) is 4.90 Å². The topological polar surface area (TPSA) is 62.0 Å². The minimum Gasteiger partial charge on any atom is -0.510 e. The van der Waals surface area contributed by atoms with Crippen molar-refractivity contribution in [3.63, 3.8) is 0 Å². The molecule has 0 spiro atoms. The number of hydrogen-bond donors (Lipinski definition) is 2. The summed E-state index contributed by atoms with van der Waals surface area (Å²) in [6.45, 7) is 3.89. The standard InChI is InChI=1S/C14H16N2O2S/c1-14(2)7-11(17)13(12(18)8-14)16-15-9-3-5-10(19)6-4-9/h3-6,17,19H,7-8H2,1-2H3. The second-order valence-electron chi connectivity index (χ2n) is 5.45. The van der Waals surface area contributed by atoms with Crippen LogP contribution in [0.4, 0.5) is 5.69 Å². The molecule has 1 aromatic carbocycles. The Hall–Kier alpha value is -1.62. The van der Waals surface area contributed by atoms with Gasteiger partial charge >= 0.3 is 0 Å². The minimum absolute atomic E-state index is 0.0239. The Morgan fingerprint density at radius 1 is 1.16 bits per heavy atom. The van der Waals surface area contributed by atoms with Gasteiger partial charge in [0.15, 0.2) is 11.5 Å². The van der Waals surface area contributed by atoms with Crippen LogP contribution in [0, 0.1) is 5.41 Å². The van der Waals surface area contributed by atoms with E-state index >= 15 is 0 Å². The van der Waals surface area contributed by atoms with Crippen LogP contribution < -0.4 is 0 Å². The third kappa shape index (κ3) is 3.44.